The summed E-state index contributed by atoms with van der Waals surface area (Å²) in [6.07, 6.45) is 5.10. The van der Waals surface area contributed by atoms with Crippen LogP contribution < -0.4 is 9.88 Å². The molecule has 0 spiro atoms. The average molecular weight is 567 g/mol. The van der Waals surface area contributed by atoms with Crippen LogP contribution in [0.4, 0.5) is 0 Å². The van der Waals surface area contributed by atoms with E-state index >= 15 is 0 Å². The van der Waals surface area contributed by atoms with Gasteiger partial charge in [-0.2, -0.15) is 4.57 Å². The molecule has 3 unspecified atom stereocenters. The Morgan fingerprint density at radius 2 is 1.80 bits per heavy atom. The normalized spacial score (nSPS) is 29.6. The smallest absolute Gasteiger partial charge is 0.218 e. The molecule has 6 nitrogen and oxygen atoms in total. The molecule has 2 aliphatic rings. The molecule has 0 amide bonds. The Morgan fingerprint density at radius 1 is 1.20 bits per heavy atom. The van der Waals surface area contributed by atoms with Crippen molar-refractivity contribution in [2.24, 2.45) is 0 Å². The van der Waals surface area contributed by atoms with Crippen molar-refractivity contribution < 1.29 is 37.2 Å². The second-order valence-corrected chi connectivity index (χ2v) is 7.83. The van der Waals surface area contributed by atoms with Gasteiger partial charge in [0.05, 0.1) is 6.42 Å². The summed E-state index contributed by atoms with van der Waals surface area (Å²) in [7, 11) is 1.69. The molecule has 3 heterocycles. The Morgan fingerprint density at radius 3 is 2.32 bits per heavy atom. The van der Waals surface area contributed by atoms with E-state index in [9.17, 15) is 10.2 Å². The Balaban J connectivity index is 0.00000225. The largest absolute Gasteiger partial charge is 0.800 e. The summed E-state index contributed by atoms with van der Waals surface area (Å²) >= 11 is 10.3. The van der Waals surface area contributed by atoms with E-state index in [1.807, 2.05) is 17.0 Å². The number of hydrogen-bond donors (Lipinski definition) is 3. The van der Waals surface area contributed by atoms with Crippen molar-refractivity contribution in [3.63, 3.8) is 0 Å². The maximum absolute atomic E-state index is 10.00. The number of aromatic nitrogens is 1. The van der Waals surface area contributed by atoms with Crippen LogP contribution in [0.25, 0.3) is 0 Å². The first-order chi connectivity index (χ1) is 11.5. The topological polar surface area (TPSA) is 62.8 Å². The van der Waals surface area contributed by atoms with Crippen LogP contribution in [0.2, 0.25) is 0 Å². The summed E-state index contributed by atoms with van der Waals surface area (Å²) < 4.78 is 1.80. The molecule has 0 aliphatic carbocycles. The Labute approximate surface area is 175 Å². The Bertz CT molecular complexity index is 531. The van der Waals surface area contributed by atoms with Crippen molar-refractivity contribution in [1.29, 1.82) is 0 Å². The van der Waals surface area contributed by atoms with Crippen LogP contribution in [0.15, 0.2) is 24.5 Å². The summed E-state index contributed by atoms with van der Waals surface area (Å²) in [6.45, 7) is 1.93. The van der Waals surface area contributed by atoms with Gasteiger partial charge in [0.25, 0.3) is 0 Å². The number of piperidine rings is 1. The van der Waals surface area contributed by atoms with Crippen LogP contribution in [0, 0.1) is 0 Å². The number of rotatable bonds is 3. The van der Waals surface area contributed by atoms with Gasteiger partial charge in [-0.25, -0.2) is 14.9 Å². The van der Waals surface area contributed by atoms with Crippen LogP contribution in [0.5, 0.6) is 0 Å². The third-order valence-electron chi connectivity index (χ3n) is 5.17. The van der Waals surface area contributed by atoms with Gasteiger partial charge in [0.2, 0.25) is 6.17 Å². The molecule has 25 heavy (non-hydrogen) atoms. The van der Waals surface area contributed by atoms with Crippen LogP contribution in [0.1, 0.15) is 36.9 Å². The van der Waals surface area contributed by atoms with Crippen LogP contribution in [-0.2, 0) is 47.6 Å². The first-order valence-electron chi connectivity index (χ1n) is 8.36. The van der Waals surface area contributed by atoms with Crippen LogP contribution >= 0.6 is 0 Å². The predicted molar refractivity (Wildman–Crippen MR) is 95.3 cm³/mol. The number of nitrogens with one attached hydrogen (secondary N) is 1. The van der Waals surface area contributed by atoms with E-state index in [1.54, 1.807) is 7.05 Å². The second-order valence-electron chi connectivity index (χ2n) is 6.63. The molecule has 2 saturated heterocycles. The molecular weight excluding hydrogens is 541 g/mol. The fourth-order valence-electron chi connectivity index (χ4n) is 3.47. The summed E-state index contributed by atoms with van der Waals surface area (Å²) in [5.74, 6) is 0.543. The predicted octanol–water partition coefficient (Wildman–Crippen LogP) is -0.454. The van der Waals surface area contributed by atoms with Crippen molar-refractivity contribution in [3.8, 4) is 0 Å². The van der Waals surface area contributed by atoms with E-state index in [2.05, 4.69) is 22.3 Å². The Kier molecular flexibility index (Phi) is 8.28. The van der Waals surface area contributed by atoms with E-state index < -0.39 is 12.6 Å². The number of hydrogen-bond acceptors (Lipinski definition) is 7. The summed E-state index contributed by atoms with van der Waals surface area (Å²) in [4.78, 5) is 3.68. The molecule has 1 aromatic heterocycles. The first kappa shape index (κ1) is 21.7. The maximum Gasteiger partial charge on any atom is 0.218 e. The standard InChI is InChI=1S/C16H26N4O2S2.Au/c1-18-14(21)10-13(17-15(18)22)19-6-2-11(3-7-19)12-4-8-20(9-5-12)16(23)24;/h2-3,6-7,12-17,21-22H,4-5,8-10H2,1H3,(H-,23,24);/p-1. The van der Waals surface area contributed by atoms with Crippen LogP contribution in [0.3, 0.4) is 0 Å². The minimum atomic E-state index is -0.847. The van der Waals surface area contributed by atoms with Crippen molar-refractivity contribution in [2.45, 2.75) is 48.6 Å². The van der Waals surface area contributed by atoms with Gasteiger partial charge in [0.1, 0.15) is 6.23 Å². The molecule has 3 N–H and O–H groups in total. The van der Waals surface area contributed by atoms with Gasteiger partial charge in [-0.15, -0.1) is 0 Å². The van der Waals surface area contributed by atoms with E-state index in [-0.39, 0.29) is 33.3 Å². The number of likely N-dealkylation sites (tertiary alicyclic amines) is 1. The van der Waals surface area contributed by atoms with E-state index in [0.29, 0.717) is 12.3 Å². The van der Waals surface area contributed by atoms with Crippen molar-refractivity contribution in [2.75, 3.05) is 20.1 Å². The van der Waals surface area contributed by atoms with Gasteiger partial charge >= 0.3 is 0 Å². The Hall–Kier alpha value is 0.390. The van der Waals surface area contributed by atoms with E-state index in [1.165, 1.54) is 10.5 Å². The fourth-order valence-corrected chi connectivity index (χ4v) is 3.89. The molecular formula is C16H25AuN4O2S2-. The molecule has 0 aromatic carbocycles. The van der Waals surface area contributed by atoms with Gasteiger partial charge in [0.15, 0.2) is 18.7 Å². The molecule has 2 aliphatic heterocycles. The van der Waals surface area contributed by atoms with Gasteiger partial charge in [-0.05, 0) is 44.5 Å². The summed E-state index contributed by atoms with van der Waals surface area (Å²) in [5, 5.41) is 23.0. The van der Waals surface area contributed by atoms with Crippen molar-refractivity contribution in [3.05, 3.63) is 30.1 Å². The molecule has 1 aromatic rings. The number of aliphatic hydroxyl groups excluding tert-OH is 2. The quantitative estimate of drug-likeness (QED) is 0.260. The molecule has 145 valence electrons. The molecule has 3 atom stereocenters. The molecule has 1 radical (unpaired) electrons. The zero-order valence-electron chi connectivity index (χ0n) is 14.1. The van der Waals surface area contributed by atoms with Crippen LogP contribution in [-0.4, -0.2) is 57.4 Å². The second kappa shape index (κ2) is 9.54. The number of pyridine rings is 1. The average Bonchev–Trinajstić information content (AvgIpc) is 2.59. The molecule has 0 saturated carbocycles. The number of aliphatic hydroxyl groups is 2. The third-order valence-corrected chi connectivity index (χ3v) is 5.76. The third kappa shape index (κ3) is 5.22. The van der Waals surface area contributed by atoms with Crippen molar-refractivity contribution >= 4 is 25.3 Å². The summed E-state index contributed by atoms with van der Waals surface area (Å²) in [6, 6.07) is 4.27. The van der Waals surface area contributed by atoms with E-state index in [4.69, 9.17) is 25.3 Å². The zero-order chi connectivity index (χ0) is 17.3. The molecule has 2 fully saturated rings. The van der Waals surface area contributed by atoms with E-state index in [0.717, 1.165) is 25.9 Å². The molecule has 9 heteroatoms. The fraction of sp³-hybridized carbons (Fsp3) is 0.688. The van der Waals surface area contributed by atoms with Gasteiger partial charge in [-0.1, -0.05) is 0 Å². The maximum atomic E-state index is 10.00. The first-order valence-corrected chi connectivity index (χ1v) is 9.30. The molecule has 3 rings (SSSR count). The summed E-state index contributed by atoms with van der Waals surface area (Å²) in [5.41, 5.74) is 1.32. The minimum absolute atomic E-state index is 0. The molecule has 0 bridgehead atoms. The number of nitrogens with zero attached hydrogens (tertiary/aromatic N) is 3. The van der Waals surface area contributed by atoms with Gasteiger partial charge in [0, 0.05) is 34.5 Å². The van der Waals surface area contributed by atoms with Gasteiger partial charge in [-0.3, -0.25) is 0 Å². The monoisotopic (exact) mass is 566 g/mol. The SMILES string of the molecule is CN1C(O)CC([n+]2ccc(C3CCN(C([S-])[S-])CC3)cc2)NC1O.[Au]. The van der Waals surface area contributed by atoms with Crippen molar-refractivity contribution in [1.82, 2.24) is 15.1 Å². The zero-order valence-corrected chi connectivity index (χ0v) is 17.9. The van der Waals surface area contributed by atoms with Gasteiger partial charge < -0.3 is 40.4 Å². The minimum Gasteiger partial charge on any atom is -0.800 e.